The second-order valence-electron chi connectivity index (χ2n) is 6.59. The third kappa shape index (κ3) is 4.28. The van der Waals surface area contributed by atoms with Crippen molar-refractivity contribution in [1.82, 2.24) is 15.3 Å². The van der Waals surface area contributed by atoms with Gasteiger partial charge in [0.2, 0.25) is 0 Å². The lowest BCUT2D eigenvalue weighted by Crippen LogP contribution is -2.36. The molecule has 1 atom stereocenters. The largest absolute Gasteiger partial charge is 0.472 e. The van der Waals surface area contributed by atoms with Crippen LogP contribution in [0.4, 0.5) is 5.82 Å². The van der Waals surface area contributed by atoms with Crippen molar-refractivity contribution < 1.29 is 18.7 Å². The predicted molar refractivity (Wildman–Crippen MR) is 104 cm³/mol. The number of methoxy groups -OCH3 is 1. The molecule has 0 fully saturated rings. The Morgan fingerprint density at radius 2 is 1.96 bits per heavy atom. The van der Waals surface area contributed by atoms with Crippen LogP contribution in [0.1, 0.15) is 30.0 Å². The molecule has 1 amide bonds. The molecular formula is C20H22N4O4. The smallest absolute Gasteiger partial charge is 0.328 e. The lowest BCUT2D eigenvalue weighted by atomic mass is 10.0. The SMILES string of the molecule is COC(=O)C(Nc1nc(CNC(=O)c2ccoc2)nc2ccccc12)C(C)C. The van der Waals surface area contributed by atoms with E-state index in [1.807, 2.05) is 38.1 Å². The van der Waals surface area contributed by atoms with E-state index in [4.69, 9.17) is 9.15 Å². The van der Waals surface area contributed by atoms with E-state index in [-0.39, 0.29) is 24.3 Å². The quantitative estimate of drug-likeness (QED) is 0.605. The average Bonchev–Trinajstić information content (AvgIpc) is 3.24. The summed E-state index contributed by atoms with van der Waals surface area (Å²) in [6, 6.07) is 8.49. The van der Waals surface area contributed by atoms with Crippen molar-refractivity contribution in [3.8, 4) is 0 Å². The predicted octanol–water partition coefficient (Wildman–Crippen LogP) is 2.76. The summed E-state index contributed by atoms with van der Waals surface area (Å²) in [6.45, 7) is 3.97. The van der Waals surface area contributed by atoms with Crippen molar-refractivity contribution in [2.45, 2.75) is 26.4 Å². The number of carbonyl (C=O) groups is 2. The van der Waals surface area contributed by atoms with Gasteiger partial charge in [0.1, 0.15) is 18.1 Å². The number of para-hydroxylation sites is 1. The van der Waals surface area contributed by atoms with E-state index in [1.165, 1.54) is 19.6 Å². The van der Waals surface area contributed by atoms with Crippen LogP contribution in [0.2, 0.25) is 0 Å². The third-order valence-electron chi connectivity index (χ3n) is 4.25. The van der Waals surface area contributed by atoms with Gasteiger partial charge in [-0.05, 0) is 24.1 Å². The summed E-state index contributed by atoms with van der Waals surface area (Å²) in [5.74, 6) is 0.278. The van der Waals surface area contributed by atoms with Gasteiger partial charge in [-0.15, -0.1) is 0 Å². The van der Waals surface area contributed by atoms with Gasteiger partial charge < -0.3 is 19.8 Å². The Kier molecular flexibility index (Phi) is 5.88. The molecule has 146 valence electrons. The summed E-state index contributed by atoms with van der Waals surface area (Å²) in [6.07, 6.45) is 2.80. The van der Waals surface area contributed by atoms with Crippen molar-refractivity contribution in [2.24, 2.45) is 5.92 Å². The molecule has 2 N–H and O–H groups in total. The molecule has 0 saturated heterocycles. The first-order valence-electron chi connectivity index (χ1n) is 8.90. The maximum Gasteiger partial charge on any atom is 0.328 e. The van der Waals surface area contributed by atoms with Gasteiger partial charge in [0.05, 0.1) is 31.0 Å². The highest BCUT2D eigenvalue weighted by atomic mass is 16.5. The standard InChI is InChI=1S/C20H22N4O4/c1-12(2)17(20(26)27-3)24-18-14-6-4-5-7-15(14)22-16(23-18)10-21-19(25)13-8-9-28-11-13/h4-9,11-12,17H,10H2,1-3H3,(H,21,25)(H,22,23,24). The lowest BCUT2D eigenvalue weighted by Gasteiger charge is -2.21. The summed E-state index contributed by atoms with van der Waals surface area (Å²) in [5, 5.41) is 6.71. The molecule has 0 aliphatic carbocycles. The van der Waals surface area contributed by atoms with Crippen LogP contribution in [0.25, 0.3) is 10.9 Å². The van der Waals surface area contributed by atoms with E-state index in [0.717, 1.165) is 5.39 Å². The highest BCUT2D eigenvalue weighted by Crippen LogP contribution is 2.22. The second-order valence-corrected chi connectivity index (χ2v) is 6.59. The number of nitrogens with one attached hydrogen (secondary N) is 2. The first-order chi connectivity index (χ1) is 13.5. The molecule has 1 unspecified atom stereocenters. The highest BCUT2D eigenvalue weighted by molar-refractivity contribution is 5.94. The Morgan fingerprint density at radius 3 is 2.64 bits per heavy atom. The Labute approximate surface area is 162 Å². The number of rotatable bonds is 7. The number of esters is 1. The summed E-state index contributed by atoms with van der Waals surface area (Å²) in [7, 11) is 1.36. The number of hydrogen-bond acceptors (Lipinski definition) is 7. The van der Waals surface area contributed by atoms with Crippen LogP contribution in [0, 0.1) is 5.92 Å². The summed E-state index contributed by atoms with van der Waals surface area (Å²) in [5.41, 5.74) is 1.13. The minimum Gasteiger partial charge on any atom is -0.472 e. The molecule has 0 bridgehead atoms. The van der Waals surface area contributed by atoms with Crippen LogP contribution in [0.5, 0.6) is 0 Å². The Morgan fingerprint density at radius 1 is 1.18 bits per heavy atom. The van der Waals surface area contributed by atoms with E-state index in [9.17, 15) is 9.59 Å². The second kappa shape index (κ2) is 8.51. The van der Waals surface area contributed by atoms with Crippen molar-refractivity contribution in [1.29, 1.82) is 0 Å². The molecule has 28 heavy (non-hydrogen) atoms. The molecule has 0 saturated carbocycles. The number of hydrogen-bond donors (Lipinski definition) is 2. The van der Waals surface area contributed by atoms with Crippen LogP contribution < -0.4 is 10.6 Å². The Bertz CT molecular complexity index is 970. The van der Waals surface area contributed by atoms with Crippen LogP contribution in [-0.2, 0) is 16.1 Å². The molecule has 0 spiro atoms. The van der Waals surface area contributed by atoms with Crippen molar-refractivity contribution in [3.63, 3.8) is 0 Å². The van der Waals surface area contributed by atoms with Crippen molar-refractivity contribution in [2.75, 3.05) is 12.4 Å². The highest BCUT2D eigenvalue weighted by Gasteiger charge is 2.24. The molecule has 2 heterocycles. The number of aromatic nitrogens is 2. The first-order valence-corrected chi connectivity index (χ1v) is 8.90. The summed E-state index contributed by atoms with van der Waals surface area (Å²) in [4.78, 5) is 33.3. The summed E-state index contributed by atoms with van der Waals surface area (Å²) < 4.78 is 9.82. The zero-order valence-electron chi connectivity index (χ0n) is 15.9. The third-order valence-corrected chi connectivity index (χ3v) is 4.25. The number of carbonyl (C=O) groups excluding carboxylic acids is 2. The maximum absolute atomic E-state index is 12.1. The van der Waals surface area contributed by atoms with E-state index in [2.05, 4.69) is 20.6 Å². The summed E-state index contributed by atoms with van der Waals surface area (Å²) >= 11 is 0. The van der Waals surface area contributed by atoms with Crippen LogP contribution in [-0.4, -0.2) is 35.0 Å². The molecule has 0 aliphatic heterocycles. The number of ether oxygens (including phenoxy) is 1. The Balaban J connectivity index is 1.88. The van der Waals surface area contributed by atoms with E-state index >= 15 is 0 Å². The van der Waals surface area contributed by atoms with Crippen molar-refractivity contribution >= 4 is 28.6 Å². The van der Waals surface area contributed by atoms with Crippen LogP contribution in [0.15, 0.2) is 47.3 Å². The van der Waals surface area contributed by atoms with Crippen molar-refractivity contribution in [3.05, 3.63) is 54.2 Å². The monoisotopic (exact) mass is 382 g/mol. The van der Waals surface area contributed by atoms with Gasteiger partial charge in [0.25, 0.3) is 5.91 Å². The molecule has 2 aromatic heterocycles. The first kappa shape index (κ1) is 19.3. The van der Waals surface area contributed by atoms with Crippen LogP contribution in [0.3, 0.4) is 0 Å². The molecule has 3 rings (SSSR count). The van der Waals surface area contributed by atoms with Gasteiger partial charge in [-0.1, -0.05) is 26.0 Å². The normalized spacial score (nSPS) is 12.0. The van der Waals surface area contributed by atoms with Gasteiger partial charge in [-0.3, -0.25) is 4.79 Å². The number of benzene rings is 1. The fraction of sp³-hybridized carbons (Fsp3) is 0.300. The molecule has 0 radical (unpaired) electrons. The van der Waals surface area contributed by atoms with Gasteiger partial charge in [-0.2, -0.15) is 0 Å². The Hall–Kier alpha value is -3.42. The minimum absolute atomic E-state index is 0.00887. The van der Waals surface area contributed by atoms with Gasteiger partial charge in [0, 0.05) is 5.39 Å². The van der Waals surface area contributed by atoms with E-state index in [0.29, 0.717) is 22.7 Å². The number of furan rings is 1. The molecule has 3 aromatic rings. The fourth-order valence-electron chi connectivity index (χ4n) is 2.74. The number of nitrogens with zero attached hydrogens (tertiary/aromatic N) is 2. The van der Waals surface area contributed by atoms with E-state index < -0.39 is 6.04 Å². The zero-order valence-corrected chi connectivity index (χ0v) is 15.9. The number of anilines is 1. The van der Waals surface area contributed by atoms with E-state index in [1.54, 1.807) is 6.07 Å². The van der Waals surface area contributed by atoms with Gasteiger partial charge >= 0.3 is 5.97 Å². The zero-order chi connectivity index (χ0) is 20.1. The number of fused-ring (bicyclic) bond motifs is 1. The average molecular weight is 382 g/mol. The molecule has 0 aliphatic rings. The topological polar surface area (TPSA) is 106 Å². The number of amides is 1. The molecule has 8 heteroatoms. The molecular weight excluding hydrogens is 360 g/mol. The van der Waals surface area contributed by atoms with Crippen LogP contribution >= 0.6 is 0 Å². The fourth-order valence-corrected chi connectivity index (χ4v) is 2.74. The van der Waals surface area contributed by atoms with Gasteiger partial charge in [0.15, 0.2) is 5.82 Å². The minimum atomic E-state index is -0.559. The maximum atomic E-state index is 12.1. The molecule has 8 nitrogen and oxygen atoms in total. The lowest BCUT2D eigenvalue weighted by molar-refractivity contribution is -0.142. The van der Waals surface area contributed by atoms with Gasteiger partial charge in [-0.25, -0.2) is 14.8 Å². The molecule has 1 aromatic carbocycles.